The summed E-state index contributed by atoms with van der Waals surface area (Å²) in [6.07, 6.45) is -10.5. The fourth-order valence-corrected chi connectivity index (χ4v) is 2.69. The molecule has 0 aromatic carbocycles. The van der Waals surface area contributed by atoms with Crippen LogP contribution in [-0.4, -0.2) is 40.5 Å². The van der Waals surface area contributed by atoms with Crippen molar-refractivity contribution in [3.8, 4) is 0 Å². The quantitative estimate of drug-likeness (QED) is 0.841. The van der Waals surface area contributed by atoms with Crippen LogP contribution in [0, 0.1) is 5.41 Å². The minimum atomic E-state index is -5.01. The zero-order chi connectivity index (χ0) is 16.1. The molecule has 5 nitrogen and oxygen atoms in total. The van der Waals surface area contributed by atoms with E-state index >= 15 is 0 Å². The predicted octanol–water partition coefficient (Wildman–Crippen LogP) is 2.40. The van der Waals surface area contributed by atoms with Gasteiger partial charge in [-0.25, -0.2) is 0 Å². The Morgan fingerprint density at radius 1 is 1.24 bits per heavy atom. The first-order valence-electron chi connectivity index (χ1n) is 5.43. The average Bonchev–Trinajstić information content (AvgIpc) is 2.94. The van der Waals surface area contributed by atoms with Crippen molar-refractivity contribution < 1.29 is 36.2 Å². The molecule has 0 aliphatic carbocycles. The van der Waals surface area contributed by atoms with E-state index in [1.165, 1.54) is 0 Å². The smallest absolute Gasteiger partial charge is 0.445 e. The van der Waals surface area contributed by atoms with Gasteiger partial charge < -0.3 is 10.0 Å². The van der Waals surface area contributed by atoms with Crippen LogP contribution in [-0.2, 0) is 11.0 Å². The van der Waals surface area contributed by atoms with Crippen molar-refractivity contribution in [2.45, 2.75) is 18.8 Å². The van der Waals surface area contributed by atoms with Crippen LogP contribution < -0.4 is 4.90 Å². The highest BCUT2D eigenvalue weighted by Crippen LogP contribution is 2.47. The summed E-state index contributed by atoms with van der Waals surface area (Å²) in [5.74, 6) is -2.06. The largest absolute Gasteiger partial charge is 0.481 e. The Bertz CT molecular complexity index is 556. The summed E-state index contributed by atoms with van der Waals surface area (Å²) in [5.41, 5.74) is -3.00. The van der Waals surface area contributed by atoms with Crippen LogP contribution in [0.1, 0.15) is 11.4 Å². The third-order valence-corrected chi connectivity index (χ3v) is 4.18. The molecule has 12 heteroatoms. The van der Waals surface area contributed by atoms with Gasteiger partial charge in [0.2, 0.25) is 10.1 Å². The predicted molar refractivity (Wildman–Crippen MR) is 57.9 cm³/mol. The molecule has 1 aliphatic rings. The summed E-state index contributed by atoms with van der Waals surface area (Å²) in [4.78, 5) is 11.8. The summed E-state index contributed by atoms with van der Waals surface area (Å²) in [5, 5.41) is 13.2. The monoisotopic (exact) mass is 335 g/mol. The van der Waals surface area contributed by atoms with Crippen LogP contribution in [0.4, 0.5) is 31.5 Å². The van der Waals surface area contributed by atoms with Gasteiger partial charge in [0.1, 0.15) is 0 Å². The molecule has 2 rings (SSSR count). The lowest BCUT2D eigenvalue weighted by molar-refractivity contribution is -0.225. The molecule has 0 radical (unpaired) electrons. The Labute approximate surface area is 117 Å². The molecule has 1 atom stereocenters. The van der Waals surface area contributed by atoms with Gasteiger partial charge in [0.15, 0.2) is 5.41 Å². The molecule has 1 aromatic rings. The maximum atomic E-state index is 12.9. The molecule has 2 heterocycles. The van der Waals surface area contributed by atoms with E-state index in [4.69, 9.17) is 5.11 Å². The summed E-state index contributed by atoms with van der Waals surface area (Å²) >= 11 is 0.0786. The number of aromatic nitrogens is 2. The van der Waals surface area contributed by atoms with Gasteiger partial charge in [0.05, 0.1) is 0 Å². The van der Waals surface area contributed by atoms with E-state index in [0.717, 1.165) is 4.90 Å². The van der Waals surface area contributed by atoms with E-state index < -0.39 is 41.7 Å². The van der Waals surface area contributed by atoms with Crippen molar-refractivity contribution in [3.05, 3.63) is 5.01 Å². The van der Waals surface area contributed by atoms with Crippen LogP contribution in [0.5, 0.6) is 0 Å². The van der Waals surface area contributed by atoms with Gasteiger partial charge in [0.25, 0.3) is 0 Å². The minimum absolute atomic E-state index is 0.0786. The Balaban J connectivity index is 2.26. The number of alkyl halides is 6. The normalized spacial score (nSPS) is 23.6. The molecule has 0 bridgehead atoms. The third-order valence-electron chi connectivity index (χ3n) is 3.15. The number of carbonyl (C=O) groups is 1. The summed E-state index contributed by atoms with van der Waals surface area (Å²) in [7, 11) is 0. The molecule has 1 N–H and O–H groups in total. The number of hydrogen-bond acceptors (Lipinski definition) is 5. The summed E-state index contributed by atoms with van der Waals surface area (Å²) in [6.45, 7) is -1.35. The van der Waals surface area contributed by atoms with E-state index in [9.17, 15) is 31.1 Å². The number of anilines is 1. The number of rotatable bonds is 2. The molecule has 118 valence electrons. The molecular formula is C9H7F6N3O2S. The van der Waals surface area contributed by atoms with E-state index in [0.29, 0.717) is 0 Å². The van der Waals surface area contributed by atoms with Crippen molar-refractivity contribution in [2.24, 2.45) is 5.41 Å². The SMILES string of the molecule is O=C(O)C1(C(F)(F)F)CCN(c2nnc(C(F)(F)F)s2)C1. The molecule has 1 fully saturated rings. The van der Waals surface area contributed by atoms with Gasteiger partial charge in [-0.1, -0.05) is 11.3 Å². The van der Waals surface area contributed by atoms with Gasteiger partial charge in [0, 0.05) is 13.1 Å². The summed E-state index contributed by atoms with van der Waals surface area (Å²) in [6, 6.07) is 0. The first kappa shape index (κ1) is 15.8. The number of carboxylic acids is 1. The highest BCUT2D eigenvalue weighted by Gasteiger charge is 2.64. The first-order valence-corrected chi connectivity index (χ1v) is 6.25. The number of aliphatic carboxylic acids is 1. The Kier molecular flexibility index (Phi) is 3.54. The fourth-order valence-electron chi connectivity index (χ4n) is 1.96. The summed E-state index contributed by atoms with van der Waals surface area (Å²) < 4.78 is 75.9. The molecule has 0 saturated carbocycles. The number of halogens is 6. The molecule has 1 unspecified atom stereocenters. The lowest BCUT2D eigenvalue weighted by atomic mass is 9.86. The maximum Gasteiger partial charge on any atom is 0.445 e. The van der Waals surface area contributed by atoms with Crippen LogP contribution >= 0.6 is 11.3 Å². The molecular weight excluding hydrogens is 328 g/mol. The van der Waals surface area contributed by atoms with Crippen molar-refractivity contribution in [2.75, 3.05) is 18.0 Å². The molecule has 0 spiro atoms. The topological polar surface area (TPSA) is 66.3 Å². The zero-order valence-corrected chi connectivity index (χ0v) is 10.8. The first-order chi connectivity index (χ1) is 9.47. The highest BCUT2D eigenvalue weighted by molar-refractivity contribution is 7.15. The number of carboxylic acid groups (broad SMARTS) is 1. The van der Waals surface area contributed by atoms with Crippen molar-refractivity contribution in [3.63, 3.8) is 0 Å². The highest BCUT2D eigenvalue weighted by atomic mass is 32.1. The van der Waals surface area contributed by atoms with Gasteiger partial charge in [-0.3, -0.25) is 4.79 Å². The van der Waals surface area contributed by atoms with E-state index in [1.54, 1.807) is 0 Å². The Morgan fingerprint density at radius 2 is 1.86 bits per heavy atom. The molecule has 21 heavy (non-hydrogen) atoms. The minimum Gasteiger partial charge on any atom is -0.481 e. The average molecular weight is 335 g/mol. The lowest BCUT2D eigenvalue weighted by Gasteiger charge is -2.26. The third kappa shape index (κ3) is 2.63. The van der Waals surface area contributed by atoms with Crippen molar-refractivity contribution >= 4 is 22.4 Å². The van der Waals surface area contributed by atoms with Gasteiger partial charge in [-0.05, 0) is 6.42 Å². The van der Waals surface area contributed by atoms with Gasteiger partial charge >= 0.3 is 18.3 Å². The second-order valence-electron chi connectivity index (χ2n) is 4.44. The fraction of sp³-hybridized carbons (Fsp3) is 0.667. The van der Waals surface area contributed by atoms with E-state index in [1.807, 2.05) is 0 Å². The number of hydrogen-bond donors (Lipinski definition) is 1. The van der Waals surface area contributed by atoms with Crippen LogP contribution in [0.3, 0.4) is 0 Å². The van der Waals surface area contributed by atoms with Crippen LogP contribution in [0.2, 0.25) is 0 Å². The molecule has 1 saturated heterocycles. The van der Waals surface area contributed by atoms with Crippen molar-refractivity contribution in [1.29, 1.82) is 0 Å². The zero-order valence-electron chi connectivity index (χ0n) is 9.99. The van der Waals surface area contributed by atoms with Gasteiger partial charge in [-0.15, -0.1) is 10.2 Å². The van der Waals surface area contributed by atoms with Gasteiger partial charge in [-0.2, -0.15) is 26.3 Å². The molecule has 1 aromatic heterocycles. The van der Waals surface area contributed by atoms with Crippen LogP contribution in [0.25, 0.3) is 0 Å². The standard InChI is InChI=1S/C9H7F6N3O2S/c10-8(11,12)4-16-17-6(21-4)18-2-1-7(3-18,5(19)20)9(13,14)15/h1-3H2,(H,19,20). The van der Waals surface area contributed by atoms with E-state index in [2.05, 4.69) is 10.2 Å². The Morgan fingerprint density at radius 3 is 2.24 bits per heavy atom. The second kappa shape index (κ2) is 4.71. The lowest BCUT2D eigenvalue weighted by Crippen LogP contribution is -2.47. The Hall–Kier alpha value is -1.59. The van der Waals surface area contributed by atoms with Crippen LogP contribution in [0.15, 0.2) is 0 Å². The molecule has 1 aliphatic heterocycles. The molecule has 0 amide bonds. The second-order valence-corrected chi connectivity index (χ2v) is 5.40. The van der Waals surface area contributed by atoms with Crippen molar-refractivity contribution in [1.82, 2.24) is 10.2 Å². The maximum absolute atomic E-state index is 12.9. The number of nitrogens with zero attached hydrogens (tertiary/aromatic N) is 3. The van der Waals surface area contributed by atoms with E-state index in [-0.39, 0.29) is 23.0 Å².